The van der Waals surface area contributed by atoms with Crippen LogP contribution in [0.4, 0.5) is 0 Å². The molecular weight excluding hydrogens is 470 g/mol. The van der Waals surface area contributed by atoms with E-state index in [0.29, 0.717) is 5.75 Å². The fourth-order valence-electron chi connectivity index (χ4n) is 2.90. The van der Waals surface area contributed by atoms with E-state index >= 15 is 0 Å². The minimum Gasteiger partial charge on any atom is -0.461 e. The molecule has 2 unspecified atom stereocenters. The maximum absolute atomic E-state index is 12.3. The SMILES string of the molecule is CCOC(=O)c1noc2c1C(O)C(SCCNC(=O)CCNC(=O)C(O)C(C)(C)CO)=CC2=O. The zero-order valence-electron chi connectivity index (χ0n) is 19.1. The van der Waals surface area contributed by atoms with Gasteiger partial charge in [-0.05, 0) is 6.92 Å². The molecule has 1 aliphatic rings. The molecule has 0 saturated heterocycles. The first-order valence-corrected chi connectivity index (χ1v) is 11.6. The summed E-state index contributed by atoms with van der Waals surface area (Å²) in [7, 11) is 0. The van der Waals surface area contributed by atoms with Crippen LogP contribution in [0, 0.1) is 5.41 Å². The lowest BCUT2D eigenvalue weighted by atomic mass is 9.87. The van der Waals surface area contributed by atoms with Gasteiger partial charge in [0.05, 0.1) is 18.8 Å². The summed E-state index contributed by atoms with van der Waals surface area (Å²) in [5.74, 6) is -2.29. The van der Waals surface area contributed by atoms with Crippen LogP contribution in [-0.4, -0.2) is 82.2 Å². The van der Waals surface area contributed by atoms with Gasteiger partial charge in [0, 0.05) is 41.7 Å². The molecule has 2 amide bonds. The zero-order valence-corrected chi connectivity index (χ0v) is 19.9. The molecule has 0 saturated carbocycles. The Hall–Kier alpha value is -2.74. The van der Waals surface area contributed by atoms with Gasteiger partial charge >= 0.3 is 5.97 Å². The maximum atomic E-state index is 12.3. The van der Waals surface area contributed by atoms with Gasteiger partial charge in [-0.2, -0.15) is 0 Å². The summed E-state index contributed by atoms with van der Waals surface area (Å²) in [5, 5.41) is 38.3. The number of hydrogen-bond donors (Lipinski definition) is 5. The average molecular weight is 500 g/mol. The Bertz CT molecular complexity index is 957. The van der Waals surface area contributed by atoms with Crippen molar-refractivity contribution >= 4 is 35.3 Å². The van der Waals surface area contributed by atoms with Gasteiger partial charge in [0.1, 0.15) is 12.2 Å². The van der Waals surface area contributed by atoms with Crippen molar-refractivity contribution in [2.45, 2.75) is 39.4 Å². The molecule has 1 aromatic heterocycles. The van der Waals surface area contributed by atoms with Gasteiger partial charge in [-0.1, -0.05) is 19.0 Å². The minimum atomic E-state index is -1.41. The lowest BCUT2D eigenvalue weighted by Crippen LogP contribution is -2.46. The van der Waals surface area contributed by atoms with Crippen LogP contribution in [0.15, 0.2) is 15.5 Å². The van der Waals surface area contributed by atoms with E-state index in [2.05, 4.69) is 15.8 Å². The van der Waals surface area contributed by atoms with Crippen molar-refractivity contribution < 1.29 is 43.8 Å². The van der Waals surface area contributed by atoms with Gasteiger partial charge in [-0.15, -0.1) is 11.8 Å². The van der Waals surface area contributed by atoms with Crippen LogP contribution in [-0.2, 0) is 14.3 Å². The number of carbonyl (C=O) groups is 4. The number of esters is 1. The number of carbonyl (C=O) groups excluding carboxylic acids is 4. The number of nitrogens with zero attached hydrogens (tertiary/aromatic N) is 1. The maximum Gasteiger partial charge on any atom is 0.360 e. The van der Waals surface area contributed by atoms with E-state index in [1.807, 2.05) is 0 Å². The molecule has 0 radical (unpaired) electrons. The van der Waals surface area contributed by atoms with Crippen molar-refractivity contribution in [1.29, 1.82) is 0 Å². The molecule has 1 aromatic rings. The van der Waals surface area contributed by atoms with Crippen LogP contribution in [0.2, 0.25) is 0 Å². The van der Waals surface area contributed by atoms with E-state index in [0.717, 1.165) is 11.8 Å². The number of amides is 2. The summed E-state index contributed by atoms with van der Waals surface area (Å²) in [4.78, 5) is 48.4. The zero-order chi connectivity index (χ0) is 25.5. The van der Waals surface area contributed by atoms with Gasteiger partial charge in [-0.25, -0.2) is 4.79 Å². The Labute approximate surface area is 200 Å². The largest absolute Gasteiger partial charge is 0.461 e. The fraction of sp³-hybridized carbons (Fsp3) is 0.571. The third-order valence-corrected chi connectivity index (χ3v) is 6.06. The molecular formula is C21H29N3O9S. The molecule has 34 heavy (non-hydrogen) atoms. The predicted octanol–water partition coefficient (Wildman–Crippen LogP) is -0.300. The van der Waals surface area contributed by atoms with Crippen LogP contribution in [0.3, 0.4) is 0 Å². The Morgan fingerprint density at radius 3 is 2.65 bits per heavy atom. The molecule has 0 spiro atoms. The highest BCUT2D eigenvalue weighted by Crippen LogP contribution is 2.38. The Balaban J connectivity index is 1.78. The first-order valence-electron chi connectivity index (χ1n) is 10.6. The van der Waals surface area contributed by atoms with Crippen LogP contribution >= 0.6 is 11.8 Å². The van der Waals surface area contributed by atoms with Gasteiger partial charge in [-0.3, -0.25) is 14.4 Å². The molecule has 188 valence electrons. The number of allylic oxidation sites excluding steroid dienone is 1. The third-order valence-electron chi connectivity index (χ3n) is 4.98. The number of thioether (sulfide) groups is 1. The van der Waals surface area contributed by atoms with E-state index in [1.54, 1.807) is 6.92 Å². The highest BCUT2D eigenvalue weighted by atomic mass is 32.2. The molecule has 13 heteroatoms. The van der Waals surface area contributed by atoms with E-state index in [1.165, 1.54) is 19.9 Å². The Morgan fingerprint density at radius 2 is 2.00 bits per heavy atom. The first kappa shape index (κ1) is 27.5. The molecule has 2 rings (SSSR count). The van der Waals surface area contributed by atoms with Gasteiger partial charge < -0.3 is 35.2 Å². The van der Waals surface area contributed by atoms with Crippen molar-refractivity contribution in [3.8, 4) is 0 Å². The van der Waals surface area contributed by atoms with E-state index in [-0.39, 0.29) is 60.6 Å². The first-order chi connectivity index (χ1) is 16.0. The number of hydrogen-bond acceptors (Lipinski definition) is 11. The minimum absolute atomic E-state index is 0.00164. The number of aromatic nitrogens is 1. The summed E-state index contributed by atoms with van der Waals surface area (Å²) in [6.45, 7) is 4.60. The molecule has 0 aromatic carbocycles. The number of rotatable bonds is 12. The second-order valence-electron chi connectivity index (χ2n) is 8.10. The van der Waals surface area contributed by atoms with Gasteiger partial charge in [0.25, 0.3) is 0 Å². The van der Waals surface area contributed by atoms with E-state index in [4.69, 9.17) is 9.26 Å². The quantitative estimate of drug-likeness (QED) is 0.188. The summed E-state index contributed by atoms with van der Waals surface area (Å²) in [5.41, 5.74) is -1.31. The average Bonchev–Trinajstić information content (AvgIpc) is 3.25. The number of aliphatic hydroxyl groups excluding tert-OH is 3. The van der Waals surface area contributed by atoms with Crippen molar-refractivity contribution in [2.75, 3.05) is 32.1 Å². The summed E-state index contributed by atoms with van der Waals surface area (Å²) in [6, 6.07) is 0. The normalized spacial score (nSPS) is 16.4. The highest BCUT2D eigenvalue weighted by Gasteiger charge is 2.36. The van der Waals surface area contributed by atoms with Crippen LogP contribution in [0.5, 0.6) is 0 Å². The standard InChI is InChI=1S/C21H29N3O9S/c1-4-32-20(31)15-14-16(28)12(9-11(26)17(14)33-24-15)34-8-7-22-13(27)5-6-23-19(30)18(29)21(2,3)10-25/h9,16,18,25,28-29H,4-8,10H2,1-3H3,(H,22,27)(H,23,30). The Kier molecular flexibility index (Phi) is 9.79. The monoisotopic (exact) mass is 499 g/mol. The number of aliphatic hydroxyl groups is 3. The van der Waals surface area contributed by atoms with Crippen LogP contribution in [0.1, 0.15) is 59.9 Å². The van der Waals surface area contributed by atoms with Crippen LogP contribution in [0.25, 0.3) is 0 Å². The van der Waals surface area contributed by atoms with E-state index in [9.17, 15) is 34.5 Å². The summed E-state index contributed by atoms with van der Waals surface area (Å²) < 4.78 is 9.78. The molecule has 1 heterocycles. The number of ketones is 1. The molecule has 1 aliphatic carbocycles. The molecule has 0 aliphatic heterocycles. The number of ether oxygens (including phenoxy) is 1. The summed E-state index contributed by atoms with van der Waals surface area (Å²) in [6.07, 6.45) is -1.55. The molecule has 0 bridgehead atoms. The second kappa shape index (κ2) is 12.1. The van der Waals surface area contributed by atoms with Crippen molar-refractivity contribution in [1.82, 2.24) is 15.8 Å². The fourth-order valence-corrected chi connectivity index (χ4v) is 3.80. The predicted molar refractivity (Wildman–Crippen MR) is 120 cm³/mol. The highest BCUT2D eigenvalue weighted by molar-refractivity contribution is 8.03. The number of nitrogens with one attached hydrogen (secondary N) is 2. The topological polar surface area (TPSA) is 188 Å². The van der Waals surface area contributed by atoms with Gasteiger partial charge in [0.15, 0.2) is 5.69 Å². The lowest BCUT2D eigenvalue weighted by Gasteiger charge is -2.27. The molecule has 2 atom stereocenters. The molecule has 0 fully saturated rings. The van der Waals surface area contributed by atoms with Crippen molar-refractivity contribution in [3.63, 3.8) is 0 Å². The lowest BCUT2D eigenvalue weighted by molar-refractivity contribution is -0.137. The smallest absolute Gasteiger partial charge is 0.360 e. The number of fused-ring (bicyclic) bond motifs is 1. The third kappa shape index (κ3) is 6.65. The Morgan fingerprint density at radius 1 is 1.29 bits per heavy atom. The van der Waals surface area contributed by atoms with E-state index < -0.39 is 35.3 Å². The van der Waals surface area contributed by atoms with Crippen molar-refractivity contribution in [2.24, 2.45) is 5.41 Å². The molecule has 12 nitrogen and oxygen atoms in total. The van der Waals surface area contributed by atoms with Gasteiger partial charge in [0.2, 0.25) is 23.4 Å². The molecule has 5 N–H and O–H groups in total. The summed E-state index contributed by atoms with van der Waals surface area (Å²) >= 11 is 1.12. The van der Waals surface area contributed by atoms with Crippen LogP contribution < -0.4 is 10.6 Å². The van der Waals surface area contributed by atoms with Crippen molar-refractivity contribution in [3.05, 3.63) is 28.0 Å². The second-order valence-corrected chi connectivity index (χ2v) is 9.26.